The molecule has 0 amide bonds. The van der Waals surface area contributed by atoms with Crippen LogP contribution in [-0.4, -0.2) is 11.6 Å². The third-order valence-corrected chi connectivity index (χ3v) is 5.62. The molecule has 0 saturated carbocycles. The van der Waals surface area contributed by atoms with Gasteiger partial charge in [-0.2, -0.15) is 8.78 Å². The van der Waals surface area contributed by atoms with Gasteiger partial charge in [0, 0.05) is 17.1 Å². The molecular formula is C28H24F3NO. The van der Waals surface area contributed by atoms with Crippen molar-refractivity contribution in [2.45, 2.75) is 32.3 Å². The number of aryl methyl sites for hydroxylation is 3. The Kier molecular flexibility index (Phi) is 7.08. The first-order chi connectivity index (χ1) is 16.0. The molecule has 0 aliphatic heterocycles. The van der Waals surface area contributed by atoms with Crippen LogP contribution in [0, 0.1) is 5.82 Å². The van der Waals surface area contributed by atoms with Gasteiger partial charge in [-0.05, 0) is 72.0 Å². The van der Waals surface area contributed by atoms with E-state index in [9.17, 15) is 8.78 Å². The highest BCUT2D eigenvalue weighted by atomic mass is 19.3. The number of benzene rings is 3. The summed E-state index contributed by atoms with van der Waals surface area (Å²) in [6.07, 6.45) is 6.69. The zero-order chi connectivity index (χ0) is 23.2. The number of nitrogens with zero attached hydrogens (tertiary/aromatic N) is 1. The smallest absolute Gasteiger partial charge is 0.387 e. The Morgan fingerprint density at radius 1 is 0.879 bits per heavy atom. The molecule has 5 heteroatoms. The lowest BCUT2D eigenvalue weighted by Crippen LogP contribution is -2.02. The summed E-state index contributed by atoms with van der Waals surface area (Å²) in [5.41, 5.74) is 4.49. The number of ether oxygens (including phenoxy) is 1. The maximum atomic E-state index is 15.2. The van der Waals surface area contributed by atoms with Crippen LogP contribution in [-0.2, 0) is 19.3 Å². The molecule has 0 bridgehead atoms. The van der Waals surface area contributed by atoms with Crippen molar-refractivity contribution in [3.05, 3.63) is 108 Å². The van der Waals surface area contributed by atoms with Crippen molar-refractivity contribution in [2.24, 2.45) is 0 Å². The summed E-state index contributed by atoms with van der Waals surface area (Å²) in [4.78, 5) is 4.55. The van der Waals surface area contributed by atoms with Crippen LogP contribution >= 0.6 is 0 Å². The lowest BCUT2D eigenvalue weighted by Gasteiger charge is -2.10. The Labute approximate surface area is 191 Å². The van der Waals surface area contributed by atoms with Crippen LogP contribution < -0.4 is 4.74 Å². The number of fused-ring (bicyclic) bond motifs is 1. The fourth-order valence-corrected chi connectivity index (χ4v) is 3.82. The zero-order valence-corrected chi connectivity index (χ0v) is 18.1. The van der Waals surface area contributed by atoms with E-state index in [2.05, 4.69) is 22.4 Å². The molecule has 0 radical (unpaired) electrons. The first-order valence-electron chi connectivity index (χ1n) is 10.8. The van der Waals surface area contributed by atoms with Crippen LogP contribution in [0.4, 0.5) is 13.2 Å². The number of rotatable bonds is 9. The second-order valence-electron chi connectivity index (χ2n) is 7.88. The second kappa shape index (κ2) is 10.3. The minimum absolute atomic E-state index is 0.113. The minimum Gasteiger partial charge on any atom is -0.435 e. The largest absolute Gasteiger partial charge is 0.435 e. The number of hydrogen-bond acceptors (Lipinski definition) is 2. The third kappa shape index (κ3) is 5.61. The third-order valence-electron chi connectivity index (χ3n) is 5.62. The highest BCUT2D eigenvalue weighted by Gasteiger charge is 2.10. The van der Waals surface area contributed by atoms with Gasteiger partial charge < -0.3 is 4.74 Å². The van der Waals surface area contributed by atoms with Gasteiger partial charge in [0.25, 0.3) is 0 Å². The van der Waals surface area contributed by atoms with Gasteiger partial charge in [-0.3, -0.25) is 4.98 Å². The van der Waals surface area contributed by atoms with Gasteiger partial charge in [0.1, 0.15) is 11.6 Å². The number of aromatic nitrogens is 1. The highest BCUT2D eigenvalue weighted by molar-refractivity contribution is 5.88. The first-order valence-corrected chi connectivity index (χ1v) is 10.8. The monoisotopic (exact) mass is 447 g/mol. The van der Waals surface area contributed by atoms with Crippen molar-refractivity contribution < 1.29 is 17.9 Å². The molecule has 0 aliphatic carbocycles. The second-order valence-corrected chi connectivity index (χ2v) is 7.88. The quantitative estimate of drug-likeness (QED) is 0.247. The van der Waals surface area contributed by atoms with E-state index in [0.717, 1.165) is 40.6 Å². The number of alkyl halides is 2. The number of hydrogen-bond donors (Lipinski definition) is 0. The molecule has 0 N–H and O–H groups in total. The molecule has 0 fully saturated rings. The molecule has 1 aromatic heterocycles. The average molecular weight is 448 g/mol. The molecule has 1 heterocycles. The Hall–Kier alpha value is -3.60. The summed E-state index contributed by atoms with van der Waals surface area (Å²) in [6, 6.07) is 19.9. The molecule has 4 aromatic rings. The van der Waals surface area contributed by atoms with E-state index >= 15 is 4.39 Å². The first kappa shape index (κ1) is 22.6. The van der Waals surface area contributed by atoms with Crippen LogP contribution in [0.5, 0.6) is 5.75 Å². The van der Waals surface area contributed by atoms with E-state index in [1.807, 2.05) is 42.6 Å². The molecule has 0 unspecified atom stereocenters. The van der Waals surface area contributed by atoms with Crippen molar-refractivity contribution in [3.8, 4) is 17.0 Å². The molecular weight excluding hydrogens is 423 g/mol. The van der Waals surface area contributed by atoms with Gasteiger partial charge in [-0.1, -0.05) is 48.5 Å². The summed E-state index contributed by atoms with van der Waals surface area (Å²) in [7, 11) is 0. The highest BCUT2D eigenvalue weighted by Crippen LogP contribution is 2.27. The lowest BCUT2D eigenvalue weighted by atomic mass is 9.98. The molecule has 0 saturated heterocycles. The maximum absolute atomic E-state index is 15.2. The molecule has 2 nitrogen and oxygen atoms in total. The van der Waals surface area contributed by atoms with E-state index in [0.29, 0.717) is 23.8 Å². The molecule has 3 aromatic carbocycles. The van der Waals surface area contributed by atoms with Crippen molar-refractivity contribution in [1.82, 2.24) is 4.98 Å². The number of halogens is 3. The normalized spacial score (nSPS) is 11.2. The predicted molar refractivity (Wildman–Crippen MR) is 126 cm³/mol. The zero-order valence-electron chi connectivity index (χ0n) is 18.1. The van der Waals surface area contributed by atoms with Gasteiger partial charge in [0.05, 0.1) is 5.69 Å². The molecule has 4 rings (SSSR count). The molecule has 33 heavy (non-hydrogen) atoms. The topological polar surface area (TPSA) is 22.1 Å². The number of allylic oxidation sites excluding steroid dienone is 1. The minimum atomic E-state index is -2.85. The summed E-state index contributed by atoms with van der Waals surface area (Å²) in [5.74, 6) is -0.119. The maximum Gasteiger partial charge on any atom is 0.387 e. The summed E-state index contributed by atoms with van der Waals surface area (Å²) in [5, 5.41) is 1.39. The van der Waals surface area contributed by atoms with Crippen molar-refractivity contribution in [2.75, 3.05) is 0 Å². The van der Waals surface area contributed by atoms with Crippen molar-refractivity contribution in [3.63, 3.8) is 0 Å². The van der Waals surface area contributed by atoms with Crippen LogP contribution in [0.3, 0.4) is 0 Å². The average Bonchev–Trinajstić information content (AvgIpc) is 2.83. The molecule has 168 valence electrons. The Balaban J connectivity index is 1.48. The number of pyridine rings is 1. The van der Waals surface area contributed by atoms with Crippen LogP contribution in [0.1, 0.15) is 23.1 Å². The Morgan fingerprint density at radius 3 is 2.36 bits per heavy atom. The Morgan fingerprint density at radius 2 is 1.67 bits per heavy atom. The van der Waals surface area contributed by atoms with Crippen LogP contribution in [0.25, 0.3) is 22.0 Å². The van der Waals surface area contributed by atoms with Crippen LogP contribution in [0.2, 0.25) is 0 Å². The van der Waals surface area contributed by atoms with E-state index < -0.39 is 6.61 Å². The fourth-order valence-electron chi connectivity index (χ4n) is 3.82. The van der Waals surface area contributed by atoms with E-state index in [1.165, 1.54) is 12.1 Å². The van der Waals surface area contributed by atoms with Gasteiger partial charge in [-0.25, -0.2) is 4.39 Å². The van der Waals surface area contributed by atoms with Gasteiger partial charge in [0.2, 0.25) is 0 Å². The molecule has 0 atom stereocenters. The van der Waals surface area contributed by atoms with E-state index in [1.54, 1.807) is 18.2 Å². The van der Waals surface area contributed by atoms with Crippen LogP contribution in [0.15, 0.2) is 85.6 Å². The lowest BCUT2D eigenvalue weighted by molar-refractivity contribution is -0.0498. The molecule has 0 spiro atoms. The summed E-state index contributed by atoms with van der Waals surface area (Å²) < 4.78 is 44.1. The van der Waals surface area contributed by atoms with E-state index in [4.69, 9.17) is 0 Å². The van der Waals surface area contributed by atoms with Gasteiger partial charge in [-0.15, -0.1) is 6.58 Å². The SMILES string of the molecule is C=CCCc1ccc(-c2ccc3c(F)c(CCc4ccc(OC(F)F)cc4)ccc3c2)nc1. The van der Waals surface area contributed by atoms with Crippen molar-refractivity contribution in [1.29, 1.82) is 0 Å². The predicted octanol–water partition coefficient (Wildman–Crippen LogP) is 7.55. The Bertz CT molecular complexity index is 1230. The standard InChI is InChI=1S/C28H24F3NO/c1-2-3-4-20-8-16-26(32-18-20)23-12-15-25-22(17-23)11-10-21(27(25)29)9-5-19-6-13-24(14-7-19)33-28(30)31/h2,6-8,10-18,28H,1,3-5,9H2. The fraction of sp³-hybridized carbons (Fsp3) is 0.179. The molecule has 0 aliphatic rings. The van der Waals surface area contributed by atoms with Crippen molar-refractivity contribution >= 4 is 10.8 Å². The van der Waals surface area contributed by atoms with E-state index in [-0.39, 0.29) is 11.6 Å². The summed E-state index contributed by atoms with van der Waals surface area (Å²) in [6.45, 7) is 0.896. The van der Waals surface area contributed by atoms with Gasteiger partial charge >= 0.3 is 6.61 Å². The van der Waals surface area contributed by atoms with Gasteiger partial charge in [0.15, 0.2) is 0 Å². The summed E-state index contributed by atoms with van der Waals surface area (Å²) >= 11 is 0.